The van der Waals surface area contributed by atoms with Crippen molar-refractivity contribution in [3.8, 4) is 0 Å². The van der Waals surface area contributed by atoms with E-state index in [-0.39, 0.29) is 30.1 Å². The number of piperazine rings is 1. The molecule has 0 saturated carbocycles. The smallest absolute Gasteiger partial charge is 0.293 e. The molecule has 2 fully saturated rings. The van der Waals surface area contributed by atoms with Gasteiger partial charge in [-0.25, -0.2) is 0 Å². The quantitative estimate of drug-likeness (QED) is 0.563. The van der Waals surface area contributed by atoms with E-state index < -0.39 is 0 Å². The van der Waals surface area contributed by atoms with E-state index in [1.165, 1.54) is 5.56 Å². The van der Waals surface area contributed by atoms with Crippen LogP contribution in [0.5, 0.6) is 0 Å². The van der Waals surface area contributed by atoms with Crippen LogP contribution in [-0.4, -0.2) is 77.6 Å². The number of hydrogen-bond acceptors (Lipinski definition) is 6. The Labute approximate surface area is 208 Å². The summed E-state index contributed by atoms with van der Waals surface area (Å²) in [7, 11) is 0. The Morgan fingerprint density at radius 1 is 0.971 bits per heavy atom. The fraction of sp³-hybridized carbons (Fsp3) is 0.320. The number of imide groups is 1. The second-order valence-electron chi connectivity index (χ2n) is 8.24. The fourth-order valence-electron chi connectivity index (χ4n) is 3.94. The van der Waals surface area contributed by atoms with Crippen molar-refractivity contribution in [2.24, 2.45) is 0 Å². The predicted octanol–water partition coefficient (Wildman–Crippen LogP) is 3.31. The molecular formula is C25H27ClN4O3S. The summed E-state index contributed by atoms with van der Waals surface area (Å²) in [5.74, 6) is -0.464. The van der Waals surface area contributed by atoms with E-state index >= 15 is 0 Å². The first-order valence-electron chi connectivity index (χ1n) is 11.2. The average Bonchev–Trinajstić information content (AvgIpc) is 3.10. The van der Waals surface area contributed by atoms with Gasteiger partial charge in [-0.15, -0.1) is 0 Å². The maximum Gasteiger partial charge on any atom is 0.293 e. The van der Waals surface area contributed by atoms with Crippen molar-refractivity contribution in [1.29, 1.82) is 0 Å². The zero-order chi connectivity index (χ0) is 23.9. The van der Waals surface area contributed by atoms with E-state index in [9.17, 15) is 14.4 Å². The van der Waals surface area contributed by atoms with Crippen molar-refractivity contribution >= 4 is 46.5 Å². The summed E-state index contributed by atoms with van der Waals surface area (Å²) in [4.78, 5) is 43.3. The van der Waals surface area contributed by atoms with Crippen molar-refractivity contribution in [1.82, 2.24) is 20.0 Å². The van der Waals surface area contributed by atoms with Crippen molar-refractivity contribution in [3.63, 3.8) is 0 Å². The molecule has 1 N–H and O–H groups in total. The lowest BCUT2D eigenvalue weighted by Crippen LogP contribution is -2.49. The molecule has 34 heavy (non-hydrogen) atoms. The largest absolute Gasteiger partial charge is 0.353 e. The van der Waals surface area contributed by atoms with E-state index in [4.69, 9.17) is 11.6 Å². The van der Waals surface area contributed by atoms with Gasteiger partial charge in [0.1, 0.15) is 0 Å². The third-order valence-electron chi connectivity index (χ3n) is 5.80. The first-order chi connectivity index (χ1) is 16.5. The van der Waals surface area contributed by atoms with Crippen LogP contribution >= 0.6 is 23.4 Å². The SMILES string of the molecule is O=C(CN1CCN(Cc2ccccc2)CC1)NCCN1C(=O)S/C(=C/c2ccccc2Cl)C1=O. The predicted molar refractivity (Wildman–Crippen MR) is 135 cm³/mol. The third-order valence-corrected chi connectivity index (χ3v) is 7.06. The van der Waals surface area contributed by atoms with Gasteiger partial charge in [-0.05, 0) is 35.0 Å². The molecule has 0 unspecified atom stereocenters. The second kappa shape index (κ2) is 11.7. The minimum atomic E-state index is -0.362. The summed E-state index contributed by atoms with van der Waals surface area (Å²) in [6.07, 6.45) is 1.63. The number of nitrogens with one attached hydrogen (secondary N) is 1. The van der Waals surface area contributed by atoms with Crippen LogP contribution in [0, 0.1) is 0 Å². The molecule has 9 heteroatoms. The molecule has 2 heterocycles. The number of carbonyl (C=O) groups excluding carboxylic acids is 3. The van der Waals surface area contributed by atoms with Gasteiger partial charge in [0, 0.05) is 50.8 Å². The maximum absolute atomic E-state index is 12.6. The molecule has 2 aliphatic rings. The Morgan fingerprint density at radius 3 is 2.38 bits per heavy atom. The summed E-state index contributed by atoms with van der Waals surface area (Å²) >= 11 is 7.04. The van der Waals surface area contributed by atoms with Crippen molar-refractivity contribution in [3.05, 3.63) is 75.7 Å². The van der Waals surface area contributed by atoms with E-state index in [0.29, 0.717) is 22.0 Å². The van der Waals surface area contributed by atoms with Crippen molar-refractivity contribution < 1.29 is 14.4 Å². The van der Waals surface area contributed by atoms with Gasteiger partial charge in [-0.1, -0.05) is 60.1 Å². The molecule has 2 aromatic rings. The normalized spacial score (nSPS) is 18.6. The lowest BCUT2D eigenvalue weighted by atomic mass is 10.2. The summed E-state index contributed by atoms with van der Waals surface area (Å²) in [5, 5.41) is 3.01. The van der Waals surface area contributed by atoms with Crippen LogP contribution in [0.15, 0.2) is 59.5 Å². The number of carbonyl (C=O) groups is 3. The van der Waals surface area contributed by atoms with Crippen LogP contribution in [-0.2, 0) is 16.1 Å². The Kier molecular flexibility index (Phi) is 8.39. The topological polar surface area (TPSA) is 73.0 Å². The average molecular weight is 499 g/mol. The molecule has 0 spiro atoms. The third kappa shape index (κ3) is 6.48. The molecule has 2 aromatic carbocycles. The highest BCUT2D eigenvalue weighted by Crippen LogP contribution is 2.33. The number of hydrogen-bond donors (Lipinski definition) is 1. The van der Waals surface area contributed by atoms with Gasteiger partial charge in [0.25, 0.3) is 11.1 Å². The minimum absolute atomic E-state index is 0.102. The fourth-order valence-corrected chi connectivity index (χ4v) is 4.99. The Balaban J connectivity index is 1.18. The zero-order valence-corrected chi connectivity index (χ0v) is 20.4. The van der Waals surface area contributed by atoms with E-state index in [1.54, 1.807) is 24.3 Å². The number of thioether (sulfide) groups is 1. The first-order valence-corrected chi connectivity index (χ1v) is 12.4. The van der Waals surface area contributed by atoms with Crippen LogP contribution in [0.4, 0.5) is 4.79 Å². The van der Waals surface area contributed by atoms with Crippen LogP contribution in [0.3, 0.4) is 0 Å². The van der Waals surface area contributed by atoms with Gasteiger partial charge in [0.2, 0.25) is 5.91 Å². The molecule has 0 aliphatic carbocycles. The number of amides is 3. The lowest BCUT2D eigenvalue weighted by Gasteiger charge is -2.34. The molecule has 0 radical (unpaired) electrons. The molecule has 0 aromatic heterocycles. The van der Waals surface area contributed by atoms with Gasteiger partial charge < -0.3 is 5.32 Å². The molecule has 3 amide bonds. The molecule has 7 nitrogen and oxygen atoms in total. The van der Waals surface area contributed by atoms with Crippen molar-refractivity contribution in [2.45, 2.75) is 6.54 Å². The van der Waals surface area contributed by atoms with Crippen molar-refractivity contribution in [2.75, 3.05) is 45.8 Å². The highest BCUT2D eigenvalue weighted by atomic mass is 35.5. The lowest BCUT2D eigenvalue weighted by molar-refractivity contribution is -0.125. The zero-order valence-electron chi connectivity index (χ0n) is 18.8. The summed E-state index contributed by atoms with van der Waals surface area (Å²) in [6, 6.07) is 17.5. The number of nitrogens with zero attached hydrogens (tertiary/aromatic N) is 3. The van der Waals surface area contributed by atoms with E-state index in [2.05, 4.69) is 27.2 Å². The highest BCUT2D eigenvalue weighted by Gasteiger charge is 2.34. The molecule has 0 bridgehead atoms. The molecule has 178 valence electrons. The van der Waals surface area contributed by atoms with Crippen LogP contribution < -0.4 is 5.32 Å². The molecule has 4 rings (SSSR count). The van der Waals surface area contributed by atoms with Gasteiger partial charge in [0.05, 0.1) is 11.4 Å². The van der Waals surface area contributed by atoms with Crippen LogP contribution in [0.1, 0.15) is 11.1 Å². The number of halogens is 1. The second-order valence-corrected chi connectivity index (χ2v) is 9.64. The minimum Gasteiger partial charge on any atom is -0.353 e. The van der Waals surface area contributed by atoms with Gasteiger partial charge >= 0.3 is 0 Å². The van der Waals surface area contributed by atoms with Gasteiger partial charge in [-0.3, -0.25) is 29.1 Å². The Bertz CT molecular complexity index is 1070. The van der Waals surface area contributed by atoms with Gasteiger partial charge in [0.15, 0.2) is 0 Å². The first kappa shape index (κ1) is 24.5. The summed E-state index contributed by atoms with van der Waals surface area (Å²) in [6.45, 7) is 5.09. The van der Waals surface area contributed by atoms with Gasteiger partial charge in [-0.2, -0.15) is 0 Å². The molecule has 0 atom stereocenters. The Morgan fingerprint density at radius 2 is 1.65 bits per heavy atom. The summed E-state index contributed by atoms with van der Waals surface area (Å²) < 4.78 is 0. The molecule has 2 aliphatic heterocycles. The highest BCUT2D eigenvalue weighted by molar-refractivity contribution is 8.18. The standard InChI is InChI=1S/C25H27ClN4O3S/c26-21-9-5-4-8-20(21)16-22-24(32)30(25(33)34-22)11-10-27-23(31)18-29-14-12-28(13-15-29)17-19-6-2-1-3-7-19/h1-9,16H,10-15,17-18H2,(H,27,31)/b22-16+. The van der Waals surface area contributed by atoms with E-state index in [0.717, 1.165) is 49.4 Å². The molecule has 2 saturated heterocycles. The summed E-state index contributed by atoms with van der Waals surface area (Å²) in [5.41, 5.74) is 1.98. The maximum atomic E-state index is 12.6. The number of rotatable bonds is 8. The molecular weight excluding hydrogens is 472 g/mol. The van der Waals surface area contributed by atoms with Crippen LogP contribution in [0.2, 0.25) is 5.02 Å². The Hall–Kier alpha value is -2.65. The monoisotopic (exact) mass is 498 g/mol. The van der Waals surface area contributed by atoms with Crippen LogP contribution in [0.25, 0.3) is 6.08 Å². The van der Waals surface area contributed by atoms with E-state index in [1.807, 2.05) is 24.3 Å². The number of benzene rings is 2.